The minimum Gasteiger partial charge on any atom is -0.494 e. The Morgan fingerprint density at radius 3 is 2.33 bits per heavy atom. The zero-order chi connectivity index (χ0) is 17.3. The first-order valence-electron chi connectivity index (χ1n) is 8.29. The lowest BCUT2D eigenvalue weighted by Gasteiger charge is -2.18. The van der Waals surface area contributed by atoms with Gasteiger partial charge in [-0.3, -0.25) is 19.3 Å². The fourth-order valence-electron chi connectivity index (χ4n) is 3.41. The van der Waals surface area contributed by atoms with Gasteiger partial charge in [0.2, 0.25) is 11.8 Å². The number of carbonyl (C=O) groups is 3. The molecule has 126 valence electrons. The minimum absolute atomic E-state index is 0.0590. The van der Waals surface area contributed by atoms with Crippen molar-refractivity contribution >= 4 is 17.6 Å². The highest BCUT2D eigenvalue weighted by molar-refractivity contribution is 6.05. The first-order valence-corrected chi connectivity index (χ1v) is 8.29. The van der Waals surface area contributed by atoms with Gasteiger partial charge >= 0.3 is 0 Å². The first-order chi connectivity index (χ1) is 11.5. The highest BCUT2D eigenvalue weighted by Crippen LogP contribution is 2.36. The molecule has 0 radical (unpaired) electrons. The summed E-state index contributed by atoms with van der Waals surface area (Å²) in [6.45, 7) is 3.99. The molecule has 5 heteroatoms. The molecule has 5 nitrogen and oxygen atoms in total. The van der Waals surface area contributed by atoms with Gasteiger partial charge in [-0.1, -0.05) is 12.2 Å². The quantitative estimate of drug-likeness (QED) is 0.474. The van der Waals surface area contributed by atoms with Crippen LogP contribution in [0.2, 0.25) is 0 Å². The fraction of sp³-hybridized carbons (Fsp3) is 0.421. The van der Waals surface area contributed by atoms with Crippen molar-refractivity contribution in [1.29, 1.82) is 0 Å². The van der Waals surface area contributed by atoms with E-state index >= 15 is 0 Å². The van der Waals surface area contributed by atoms with Crippen LogP contribution in [-0.2, 0) is 16.1 Å². The van der Waals surface area contributed by atoms with Crippen LogP contribution in [0, 0.1) is 11.8 Å². The Morgan fingerprint density at radius 2 is 1.79 bits per heavy atom. The Labute approximate surface area is 141 Å². The van der Waals surface area contributed by atoms with E-state index in [1.54, 1.807) is 18.2 Å². The molecular weight excluding hydrogens is 306 g/mol. The van der Waals surface area contributed by atoms with E-state index in [0.29, 0.717) is 36.3 Å². The molecule has 0 aromatic heterocycles. The molecule has 2 aliphatic rings. The maximum atomic E-state index is 12.6. The fourth-order valence-corrected chi connectivity index (χ4v) is 3.41. The third-order valence-electron chi connectivity index (χ3n) is 4.69. The highest BCUT2D eigenvalue weighted by Gasteiger charge is 2.47. The van der Waals surface area contributed by atoms with Gasteiger partial charge in [-0.2, -0.15) is 0 Å². The first kappa shape index (κ1) is 16.4. The topological polar surface area (TPSA) is 63.7 Å². The molecule has 24 heavy (non-hydrogen) atoms. The maximum absolute atomic E-state index is 12.6. The van der Waals surface area contributed by atoms with Crippen molar-refractivity contribution in [2.24, 2.45) is 11.8 Å². The molecule has 1 aromatic carbocycles. The van der Waals surface area contributed by atoms with Crippen molar-refractivity contribution in [1.82, 2.24) is 4.90 Å². The van der Waals surface area contributed by atoms with Crippen LogP contribution in [0.25, 0.3) is 0 Å². The second-order valence-corrected chi connectivity index (χ2v) is 6.23. The predicted octanol–water partition coefficient (Wildman–Crippen LogP) is 2.74. The standard InChI is InChI=1S/C19H21NO4/c1-3-24-17-9-8-13(12(2)21)10-14(17)11-20-18(22)15-6-4-5-7-16(15)19(20)23/h4-5,8-10,15-16H,3,6-7,11H2,1-2H3/t15-,16-/m0/s1. The van der Waals surface area contributed by atoms with Crippen LogP contribution in [0.3, 0.4) is 0 Å². The summed E-state index contributed by atoms with van der Waals surface area (Å²) in [5, 5.41) is 0. The average Bonchev–Trinajstić information content (AvgIpc) is 2.82. The van der Waals surface area contributed by atoms with Gasteiger partial charge in [0.15, 0.2) is 5.78 Å². The molecule has 1 saturated heterocycles. The molecule has 0 spiro atoms. The number of amides is 2. The van der Waals surface area contributed by atoms with Gasteiger partial charge in [0.25, 0.3) is 0 Å². The minimum atomic E-state index is -0.242. The number of benzene rings is 1. The summed E-state index contributed by atoms with van der Waals surface area (Å²) >= 11 is 0. The van der Waals surface area contributed by atoms with Crippen LogP contribution in [0.4, 0.5) is 0 Å². The number of carbonyl (C=O) groups excluding carboxylic acids is 3. The second-order valence-electron chi connectivity index (χ2n) is 6.23. The van der Waals surface area contributed by atoms with Crippen molar-refractivity contribution in [2.45, 2.75) is 33.2 Å². The van der Waals surface area contributed by atoms with E-state index in [-0.39, 0.29) is 36.0 Å². The summed E-state index contributed by atoms with van der Waals surface area (Å²) in [5.74, 6) is -0.176. The lowest BCUT2D eigenvalue weighted by molar-refractivity contribution is -0.140. The van der Waals surface area contributed by atoms with Crippen molar-refractivity contribution in [3.63, 3.8) is 0 Å². The van der Waals surface area contributed by atoms with Crippen LogP contribution in [0.15, 0.2) is 30.4 Å². The van der Waals surface area contributed by atoms with Gasteiger partial charge < -0.3 is 4.74 Å². The third-order valence-corrected chi connectivity index (χ3v) is 4.69. The number of hydrogen-bond donors (Lipinski definition) is 0. The molecule has 0 unspecified atom stereocenters. The zero-order valence-corrected chi connectivity index (χ0v) is 14.0. The summed E-state index contributed by atoms with van der Waals surface area (Å²) in [7, 11) is 0. The molecular formula is C19H21NO4. The van der Waals surface area contributed by atoms with Crippen molar-refractivity contribution in [2.75, 3.05) is 6.61 Å². The number of ketones is 1. The van der Waals surface area contributed by atoms with E-state index < -0.39 is 0 Å². The number of fused-ring (bicyclic) bond motifs is 1. The molecule has 0 bridgehead atoms. The number of rotatable bonds is 5. The summed E-state index contributed by atoms with van der Waals surface area (Å²) in [6.07, 6.45) is 5.19. The molecule has 1 fully saturated rings. The van der Waals surface area contributed by atoms with E-state index in [9.17, 15) is 14.4 Å². The SMILES string of the molecule is CCOc1ccc(C(C)=O)cc1CN1C(=O)[C@H]2CC=CC[C@@H]2C1=O. The van der Waals surface area contributed by atoms with Gasteiger partial charge in [0.05, 0.1) is 25.0 Å². The lowest BCUT2D eigenvalue weighted by atomic mass is 9.85. The molecule has 2 atom stereocenters. The number of ether oxygens (including phenoxy) is 1. The van der Waals surface area contributed by atoms with E-state index in [0.717, 1.165) is 0 Å². The number of Topliss-reactive ketones (excluding diaryl/α,β-unsaturated/α-hetero) is 1. The number of hydrogen-bond acceptors (Lipinski definition) is 4. The number of likely N-dealkylation sites (tertiary alicyclic amines) is 1. The normalized spacial score (nSPS) is 22.7. The van der Waals surface area contributed by atoms with Gasteiger partial charge in [0, 0.05) is 11.1 Å². The summed E-state index contributed by atoms with van der Waals surface area (Å²) in [5.41, 5.74) is 1.24. The number of imide groups is 1. The van der Waals surface area contributed by atoms with Crippen LogP contribution < -0.4 is 4.74 Å². The van der Waals surface area contributed by atoms with Gasteiger partial charge in [-0.25, -0.2) is 0 Å². The molecule has 2 amide bonds. The smallest absolute Gasteiger partial charge is 0.233 e. The number of nitrogens with zero attached hydrogens (tertiary/aromatic N) is 1. The van der Waals surface area contributed by atoms with E-state index in [2.05, 4.69) is 0 Å². The number of allylic oxidation sites excluding steroid dienone is 2. The Hall–Kier alpha value is -2.43. The molecule has 1 aliphatic heterocycles. The Morgan fingerprint density at radius 1 is 1.17 bits per heavy atom. The molecule has 1 heterocycles. The summed E-state index contributed by atoms with van der Waals surface area (Å²) in [4.78, 5) is 38.2. The molecule has 0 N–H and O–H groups in total. The predicted molar refractivity (Wildman–Crippen MR) is 88.5 cm³/mol. The van der Waals surface area contributed by atoms with E-state index in [1.807, 2.05) is 19.1 Å². The molecule has 0 saturated carbocycles. The monoisotopic (exact) mass is 327 g/mol. The zero-order valence-electron chi connectivity index (χ0n) is 14.0. The summed E-state index contributed by atoms with van der Waals surface area (Å²) < 4.78 is 5.60. The Bertz CT molecular complexity index is 696. The third kappa shape index (κ3) is 2.86. The van der Waals surface area contributed by atoms with E-state index in [4.69, 9.17) is 4.74 Å². The van der Waals surface area contributed by atoms with Gasteiger partial charge in [-0.15, -0.1) is 0 Å². The summed E-state index contributed by atoms with van der Waals surface area (Å²) in [6, 6.07) is 5.15. The van der Waals surface area contributed by atoms with Crippen LogP contribution in [0.5, 0.6) is 5.75 Å². The lowest BCUT2D eigenvalue weighted by Crippen LogP contribution is -2.30. The molecule has 1 aromatic rings. The van der Waals surface area contributed by atoms with Crippen molar-refractivity contribution in [3.8, 4) is 5.75 Å². The molecule has 1 aliphatic carbocycles. The molecule has 3 rings (SSSR count). The Balaban J connectivity index is 1.90. The van der Waals surface area contributed by atoms with Crippen molar-refractivity contribution in [3.05, 3.63) is 41.5 Å². The largest absolute Gasteiger partial charge is 0.494 e. The van der Waals surface area contributed by atoms with Gasteiger partial charge in [-0.05, 0) is 44.9 Å². The van der Waals surface area contributed by atoms with E-state index in [1.165, 1.54) is 11.8 Å². The van der Waals surface area contributed by atoms with Gasteiger partial charge in [0.1, 0.15) is 5.75 Å². The van der Waals surface area contributed by atoms with Crippen LogP contribution in [0.1, 0.15) is 42.6 Å². The highest BCUT2D eigenvalue weighted by atomic mass is 16.5. The van der Waals surface area contributed by atoms with Crippen molar-refractivity contribution < 1.29 is 19.1 Å². The maximum Gasteiger partial charge on any atom is 0.233 e. The van der Waals surface area contributed by atoms with Crippen LogP contribution in [-0.4, -0.2) is 29.1 Å². The second kappa shape index (κ2) is 6.59. The Kier molecular flexibility index (Phi) is 4.51. The van der Waals surface area contributed by atoms with Crippen LogP contribution >= 0.6 is 0 Å². The average molecular weight is 327 g/mol.